The molecule has 4 rings (SSSR count). The van der Waals surface area contributed by atoms with Gasteiger partial charge < -0.3 is 19.3 Å². The standard InChI is InChI=1S/C28H27F4NO5/c1-16-14-18(4-8-20(16)29)26-23(36-2)10-11-25(33-26)27(35,28(30,31)32)13-12-21(34)17-5-9-22(24(15-17)37-3)38-19-6-7-19/h4-5,8-11,14-15,19,35H,6-7,12-13H2,1-3H3/t27-/m0/s1. The molecule has 0 unspecified atom stereocenters. The number of pyridine rings is 1. The first kappa shape index (κ1) is 27.4. The van der Waals surface area contributed by atoms with E-state index in [4.69, 9.17) is 14.2 Å². The maximum absolute atomic E-state index is 14.3. The lowest BCUT2D eigenvalue weighted by molar-refractivity contribution is -0.270. The molecule has 0 aliphatic heterocycles. The van der Waals surface area contributed by atoms with E-state index < -0.39 is 41.9 Å². The van der Waals surface area contributed by atoms with Gasteiger partial charge in [0, 0.05) is 17.5 Å². The third-order valence-corrected chi connectivity index (χ3v) is 6.42. The number of rotatable bonds is 10. The Morgan fingerprint density at radius 2 is 1.68 bits per heavy atom. The van der Waals surface area contributed by atoms with Gasteiger partial charge in [-0.2, -0.15) is 13.2 Å². The number of halogens is 4. The Morgan fingerprint density at radius 3 is 2.29 bits per heavy atom. The summed E-state index contributed by atoms with van der Waals surface area (Å²) in [7, 11) is 2.72. The molecular weight excluding hydrogens is 506 g/mol. The average molecular weight is 534 g/mol. The summed E-state index contributed by atoms with van der Waals surface area (Å²) in [5.41, 5.74) is -3.45. The van der Waals surface area contributed by atoms with E-state index in [0.717, 1.165) is 18.9 Å². The number of nitrogens with zero attached hydrogens (tertiary/aromatic N) is 1. The molecule has 0 bridgehead atoms. The molecular formula is C28H27F4NO5. The van der Waals surface area contributed by atoms with Crippen molar-refractivity contribution in [1.29, 1.82) is 0 Å². The molecule has 1 N–H and O–H groups in total. The molecule has 0 radical (unpaired) electrons. The molecule has 3 aromatic rings. The number of hydrogen-bond acceptors (Lipinski definition) is 6. The van der Waals surface area contributed by atoms with Crippen molar-refractivity contribution in [2.75, 3.05) is 14.2 Å². The predicted molar refractivity (Wildman–Crippen MR) is 131 cm³/mol. The third-order valence-electron chi connectivity index (χ3n) is 6.42. The Labute approximate surface area is 217 Å². The zero-order valence-corrected chi connectivity index (χ0v) is 21.1. The number of aliphatic hydroxyl groups is 1. The minimum atomic E-state index is -5.15. The van der Waals surface area contributed by atoms with Crippen LogP contribution in [0.2, 0.25) is 0 Å². The lowest BCUT2D eigenvalue weighted by Crippen LogP contribution is -2.43. The quantitative estimate of drug-likeness (QED) is 0.248. The smallest absolute Gasteiger partial charge is 0.422 e. The second-order valence-corrected chi connectivity index (χ2v) is 9.18. The van der Waals surface area contributed by atoms with Crippen molar-refractivity contribution in [2.24, 2.45) is 0 Å². The predicted octanol–water partition coefficient (Wildman–Crippen LogP) is 6.17. The molecule has 1 aliphatic rings. The molecule has 10 heteroatoms. The van der Waals surface area contributed by atoms with Crippen LogP contribution < -0.4 is 14.2 Å². The van der Waals surface area contributed by atoms with Crippen LogP contribution in [0.1, 0.15) is 47.3 Å². The minimum absolute atomic E-state index is 0.00177. The van der Waals surface area contributed by atoms with Gasteiger partial charge in [-0.15, -0.1) is 0 Å². The van der Waals surface area contributed by atoms with Gasteiger partial charge in [0.05, 0.1) is 26.0 Å². The van der Waals surface area contributed by atoms with Crippen molar-refractivity contribution < 1.29 is 41.7 Å². The maximum Gasteiger partial charge on any atom is 0.422 e. The molecule has 202 valence electrons. The number of hydrogen-bond donors (Lipinski definition) is 1. The van der Waals surface area contributed by atoms with Crippen LogP contribution in [0.25, 0.3) is 11.3 Å². The fraction of sp³-hybridized carbons (Fsp3) is 0.357. The van der Waals surface area contributed by atoms with Crippen LogP contribution in [-0.4, -0.2) is 42.4 Å². The van der Waals surface area contributed by atoms with E-state index in [1.807, 2.05) is 0 Å². The van der Waals surface area contributed by atoms with Crippen molar-refractivity contribution in [3.05, 3.63) is 71.2 Å². The number of methoxy groups -OCH3 is 2. The van der Waals surface area contributed by atoms with Gasteiger partial charge in [-0.25, -0.2) is 9.37 Å². The summed E-state index contributed by atoms with van der Waals surface area (Å²) in [6.45, 7) is 1.51. The second-order valence-electron chi connectivity index (χ2n) is 9.18. The normalized spacial score (nSPS) is 15.1. The number of ketones is 1. The van der Waals surface area contributed by atoms with Crippen LogP contribution in [0.4, 0.5) is 17.6 Å². The zero-order valence-electron chi connectivity index (χ0n) is 21.1. The minimum Gasteiger partial charge on any atom is -0.494 e. The highest BCUT2D eigenvalue weighted by Crippen LogP contribution is 2.44. The molecule has 6 nitrogen and oxygen atoms in total. The average Bonchev–Trinajstić information content (AvgIpc) is 3.72. The lowest BCUT2D eigenvalue weighted by Gasteiger charge is -2.30. The Morgan fingerprint density at radius 1 is 1.00 bits per heavy atom. The van der Waals surface area contributed by atoms with Crippen LogP contribution >= 0.6 is 0 Å². The van der Waals surface area contributed by atoms with E-state index in [1.54, 1.807) is 6.07 Å². The highest BCUT2D eigenvalue weighted by atomic mass is 19.4. The van der Waals surface area contributed by atoms with Crippen molar-refractivity contribution in [2.45, 2.75) is 50.5 Å². The van der Waals surface area contributed by atoms with Gasteiger partial charge in [0.25, 0.3) is 0 Å². The van der Waals surface area contributed by atoms with E-state index in [1.165, 1.54) is 57.5 Å². The molecule has 1 atom stereocenters. The second kappa shape index (κ2) is 10.6. The Kier molecular flexibility index (Phi) is 7.64. The van der Waals surface area contributed by atoms with Crippen molar-refractivity contribution in [3.8, 4) is 28.5 Å². The molecule has 38 heavy (non-hydrogen) atoms. The van der Waals surface area contributed by atoms with Gasteiger partial charge in [-0.1, -0.05) is 0 Å². The summed E-state index contributed by atoms with van der Waals surface area (Å²) in [4.78, 5) is 17.0. The third kappa shape index (κ3) is 5.60. The van der Waals surface area contributed by atoms with E-state index in [9.17, 15) is 27.5 Å². The number of carbonyl (C=O) groups is 1. The molecule has 1 aliphatic carbocycles. The van der Waals surface area contributed by atoms with Crippen LogP contribution in [0.5, 0.6) is 17.2 Å². The fourth-order valence-corrected chi connectivity index (χ4v) is 4.00. The number of aryl methyl sites for hydroxylation is 1. The van der Waals surface area contributed by atoms with E-state index in [-0.39, 0.29) is 28.7 Å². The largest absolute Gasteiger partial charge is 0.494 e. The van der Waals surface area contributed by atoms with Crippen molar-refractivity contribution in [1.82, 2.24) is 4.98 Å². The summed E-state index contributed by atoms with van der Waals surface area (Å²) in [5, 5.41) is 10.9. The summed E-state index contributed by atoms with van der Waals surface area (Å²) < 4.78 is 72.8. The molecule has 1 aromatic heterocycles. The Bertz CT molecular complexity index is 1340. The molecule has 0 amide bonds. The Hall–Kier alpha value is -3.66. The highest BCUT2D eigenvalue weighted by molar-refractivity contribution is 5.96. The molecule has 0 spiro atoms. The maximum atomic E-state index is 14.3. The number of carbonyl (C=O) groups excluding carboxylic acids is 1. The van der Waals surface area contributed by atoms with Gasteiger partial charge in [0.1, 0.15) is 17.3 Å². The van der Waals surface area contributed by atoms with Gasteiger partial charge in [-0.05, 0) is 80.3 Å². The summed E-state index contributed by atoms with van der Waals surface area (Å²) in [6.07, 6.45) is -4.82. The number of alkyl halides is 3. The van der Waals surface area contributed by atoms with Gasteiger partial charge in [0.15, 0.2) is 17.3 Å². The van der Waals surface area contributed by atoms with E-state index in [2.05, 4.69) is 4.98 Å². The van der Waals surface area contributed by atoms with E-state index >= 15 is 0 Å². The van der Waals surface area contributed by atoms with Crippen LogP contribution in [0.3, 0.4) is 0 Å². The van der Waals surface area contributed by atoms with Crippen LogP contribution in [0.15, 0.2) is 48.5 Å². The SMILES string of the molecule is COc1cc(C(=O)CC[C@](O)(c2ccc(OC)c(-c3ccc(F)c(C)c3)n2)C(F)(F)F)ccc1OC1CC1. The number of aromatic nitrogens is 1. The molecule has 1 saturated carbocycles. The van der Waals surface area contributed by atoms with Crippen LogP contribution in [-0.2, 0) is 5.60 Å². The monoisotopic (exact) mass is 533 g/mol. The fourth-order valence-electron chi connectivity index (χ4n) is 4.00. The number of benzene rings is 2. The summed E-state index contributed by atoms with van der Waals surface area (Å²) >= 11 is 0. The lowest BCUT2D eigenvalue weighted by atomic mass is 9.89. The van der Waals surface area contributed by atoms with Gasteiger partial charge in [0.2, 0.25) is 5.60 Å². The summed E-state index contributed by atoms with van der Waals surface area (Å²) in [5.74, 6) is -0.222. The molecule has 1 heterocycles. The highest BCUT2D eigenvalue weighted by Gasteiger charge is 2.56. The van der Waals surface area contributed by atoms with Crippen molar-refractivity contribution in [3.63, 3.8) is 0 Å². The van der Waals surface area contributed by atoms with Gasteiger partial charge >= 0.3 is 6.18 Å². The van der Waals surface area contributed by atoms with Crippen LogP contribution in [0, 0.1) is 12.7 Å². The zero-order chi connectivity index (χ0) is 27.7. The summed E-state index contributed by atoms with van der Waals surface area (Å²) in [6, 6.07) is 10.6. The van der Waals surface area contributed by atoms with Crippen molar-refractivity contribution >= 4 is 5.78 Å². The first-order valence-electron chi connectivity index (χ1n) is 12.0. The van der Waals surface area contributed by atoms with E-state index in [0.29, 0.717) is 17.1 Å². The molecule has 2 aromatic carbocycles. The first-order valence-corrected chi connectivity index (χ1v) is 12.0. The molecule has 1 fully saturated rings. The number of Topliss-reactive ketones (excluding diaryl/α,β-unsaturated/α-hetero) is 1. The number of ether oxygens (including phenoxy) is 3. The first-order chi connectivity index (χ1) is 18.0. The van der Waals surface area contributed by atoms with Gasteiger partial charge in [-0.3, -0.25) is 4.79 Å². The topological polar surface area (TPSA) is 77.9 Å². The molecule has 0 saturated heterocycles. The Balaban J connectivity index is 1.63.